The highest BCUT2D eigenvalue weighted by molar-refractivity contribution is 7.99. The van der Waals surface area contributed by atoms with Crippen LogP contribution in [-0.2, 0) is 0 Å². The van der Waals surface area contributed by atoms with Gasteiger partial charge in [-0.05, 0) is 35.9 Å². The molecule has 118 valence electrons. The molecule has 0 N–H and O–H groups in total. The van der Waals surface area contributed by atoms with E-state index in [-0.39, 0.29) is 18.1 Å². The molecule has 2 aromatic rings. The fourth-order valence-corrected chi connectivity index (χ4v) is 4.25. The van der Waals surface area contributed by atoms with Crippen LogP contribution < -0.4 is 9.47 Å². The molecule has 2 heterocycles. The molecule has 2 aliphatic rings. The normalized spacial score (nSPS) is 19.2. The third kappa shape index (κ3) is 2.75. The quantitative estimate of drug-likeness (QED) is 0.824. The number of carbonyl (C=O) groups is 1. The van der Waals surface area contributed by atoms with E-state index < -0.39 is 0 Å². The second-order valence-electron chi connectivity index (χ2n) is 5.34. The molecule has 1 fully saturated rings. The van der Waals surface area contributed by atoms with E-state index in [1.165, 1.54) is 0 Å². The topological polar surface area (TPSA) is 38.8 Å². The van der Waals surface area contributed by atoms with Crippen LogP contribution in [0.25, 0.3) is 0 Å². The molecule has 0 saturated carbocycles. The third-order valence-corrected chi connectivity index (χ3v) is 5.40. The van der Waals surface area contributed by atoms with Gasteiger partial charge in [0, 0.05) is 22.9 Å². The van der Waals surface area contributed by atoms with Gasteiger partial charge in [0.05, 0.1) is 0 Å². The zero-order valence-corrected chi connectivity index (χ0v) is 13.8. The number of carbonyl (C=O) groups excluding carboxylic acids is 1. The Balaban J connectivity index is 1.62. The van der Waals surface area contributed by atoms with Gasteiger partial charge in [-0.15, -0.1) is 11.8 Å². The van der Waals surface area contributed by atoms with Crippen molar-refractivity contribution in [3.63, 3.8) is 0 Å². The van der Waals surface area contributed by atoms with E-state index in [0.29, 0.717) is 22.1 Å². The van der Waals surface area contributed by atoms with Gasteiger partial charge >= 0.3 is 0 Å². The molecule has 1 atom stereocenters. The molecule has 0 aromatic heterocycles. The summed E-state index contributed by atoms with van der Waals surface area (Å²) < 4.78 is 10.7. The molecule has 2 aromatic carbocycles. The van der Waals surface area contributed by atoms with Gasteiger partial charge < -0.3 is 14.4 Å². The van der Waals surface area contributed by atoms with Crippen molar-refractivity contribution in [3.05, 3.63) is 58.6 Å². The molecular formula is C17H14ClNO3S. The highest BCUT2D eigenvalue weighted by Crippen LogP contribution is 2.40. The number of fused-ring (bicyclic) bond motifs is 1. The van der Waals surface area contributed by atoms with E-state index in [2.05, 4.69) is 0 Å². The SMILES string of the molecule is O=C(c1ccc2c(c1)OCO2)N1CCSC1c1cccc(Cl)c1. The van der Waals surface area contributed by atoms with Crippen molar-refractivity contribution in [2.24, 2.45) is 0 Å². The highest BCUT2D eigenvalue weighted by atomic mass is 35.5. The van der Waals surface area contributed by atoms with Gasteiger partial charge in [0.15, 0.2) is 11.5 Å². The number of ether oxygens (including phenoxy) is 2. The van der Waals surface area contributed by atoms with Crippen molar-refractivity contribution >= 4 is 29.3 Å². The zero-order chi connectivity index (χ0) is 15.8. The van der Waals surface area contributed by atoms with Crippen LogP contribution in [0.5, 0.6) is 11.5 Å². The summed E-state index contributed by atoms with van der Waals surface area (Å²) in [6.07, 6.45) is 0. The molecule has 0 bridgehead atoms. The average Bonchev–Trinajstić information content (AvgIpc) is 3.22. The number of hydrogen-bond donors (Lipinski definition) is 0. The first-order chi connectivity index (χ1) is 11.2. The fourth-order valence-electron chi connectivity index (χ4n) is 2.81. The van der Waals surface area contributed by atoms with Gasteiger partial charge in [0.1, 0.15) is 5.37 Å². The first kappa shape index (κ1) is 14.7. The summed E-state index contributed by atoms with van der Waals surface area (Å²) in [4.78, 5) is 14.8. The lowest BCUT2D eigenvalue weighted by Crippen LogP contribution is -2.30. The molecule has 23 heavy (non-hydrogen) atoms. The van der Waals surface area contributed by atoms with E-state index in [4.69, 9.17) is 21.1 Å². The Morgan fingerprint density at radius 2 is 2.04 bits per heavy atom. The van der Waals surface area contributed by atoms with Crippen LogP contribution in [0.1, 0.15) is 21.3 Å². The summed E-state index contributed by atoms with van der Waals surface area (Å²) in [6, 6.07) is 13.0. The molecule has 1 saturated heterocycles. The van der Waals surface area contributed by atoms with Crippen LogP contribution in [0.3, 0.4) is 0 Å². The van der Waals surface area contributed by atoms with Crippen LogP contribution in [-0.4, -0.2) is 29.9 Å². The summed E-state index contributed by atoms with van der Waals surface area (Å²) in [7, 11) is 0. The van der Waals surface area contributed by atoms with Crippen molar-refractivity contribution < 1.29 is 14.3 Å². The standard InChI is InChI=1S/C17H14ClNO3S/c18-13-3-1-2-12(8-13)17-19(6-7-23-17)16(20)11-4-5-14-15(9-11)22-10-21-14/h1-5,8-9,17H,6-7,10H2. The Morgan fingerprint density at radius 3 is 2.91 bits per heavy atom. The summed E-state index contributed by atoms with van der Waals surface area (Å²) in [5, 5.41) is 0.678. The fraction of sp³-hybridized carbons (Fsp3) is 0.235. The predicted molar refractivity (Wildman–Crippen MR) is 90.3 cm³/mol. The number of rotatable bonds is 2. The van der Waals surface area contributed by atoms with Gasteiger partial charge in [-0.2, -0.15) is 0 Å². The van der Waals surface area contributed by atoms with Crippen LogP contribution in [0, 0.1) is 0 Å². The van der Waals surface area contributed by atoms with Crippen molar-refractivity contribution in [2.45, 2.75) is 5.37 Å². The number of nitrogens with zero attached hydrogens (tertiary/aromatic N) is 1. The number of halogens is 1. The zero-order valence-electron chi connectivity index (χ0n) is 12.2. The highest BCUT2D eigenvalue weighted by Gasteiger charge is 2.32. The lowest BCUT2D eigenvalue weighted by atomic mass is 10.1. The van der Waals surface area contributed by atoms with Gasteiger partial charge in [-0.3, -0.25) is 4.79 Å². The number of hydrogen-bond acceptors (Lipinski definition) is 4. The van der Waals surface area contributed by atoms with Gasteiger partial charge in [0.2, 0.25) is 6.79 Å². The summed E-state index contributed by atoms with van der Waals surface area (Å²) in [6.45, 7) is 0.923. The van der Waals surface area contributed by atoms with Crippen molar-refractivity contribution in [1.29, 1.82) is 0 Å². The van der Waals surface area contributed by atoms with E-state index in [9.17, 15) is 4.79 Å². The maximum absolute atomic E-state index is 12.9. The number of amides is 1. The smallest absolute Gasteiger partial charge is 0.255 e. The Bertz CT molecular complexity index is 767. The largest absolute Gasteiger partial charge is 0.454 e. The number of thioether (sulfide) groups is 1. The molecule has 4 nitrogen and oxygen atoms in total. The minimum Gasteiger partial charge on any atom is -0.454 e. The van der Waals surface area contributed by atoms with Crippen LogP contribution in [0.2, 0.25) is 5.02 Å². The van der Waals surface area contributed by atoms with Gasteiger partial charge in [-0.1, -0.05) is 23.7 Å². The van der Waals surface area contributed by atoms with Crippen LogP contribution in [0.15, 0.2) is 42.5 Å². The predicted octanol–water partition coefficient (Wildman–Crippen LogP) is 3.96. The second-order valence-corrected chi connectivity index (χ2v) is 6.97. The van der Waals surface area contributed by atoms with Crippen molar-refractivity contribution in [1.82, 2.24) is 4.90 Å². The third-order valence-electron chi connectivity index (χ3n) is 3.91. The number of benzene rings is 2. The molecule has 1 amide bonds. The molecule has 0 aliphatic carbocycles. The van der Waals surface area contributed by atoms with E-state index in [1.54, 1.807) is 30.0 Å². The minimum atomic E-state index is -0.00776. The molecular weight excluding hydrogens is 334 g/mol. The molecule has 0 spiro atoms. The summed E-state index contributed by atoms with van der Waals surface area (Å²) >= 11 is 7.84. The molecule has 4 rings (SSSR count). The molecule has 6 heteroatoms. The maximum Gasteiger partial charge on any atom is 0.255 e. The Labute approximate surface area is 143 Å². The van der Waals surface area contributed by atoms with E-state index >= 15 is 0 Å². The lowest BCUT2D eigenvalue weighted by molar-refractivity contribution is 0.0760. The molecule has 2 aliphatic heterocycles. The van der Waals surface area contributed by atoms with Gasteiger partial charge in [-0.25, -0.2) is 0 Å². The van der Waals surface area contributed by atoms with Crippen LogP contribution in [0.4, 0.5) is 0 Å². The Morgan fingerprint density at radius 1 is 1.17 bits per heavy atom. The average molecular weight is 348 g/mol. The van der Waals surface area contributed by atoms with Crippen molar-refractivity contribution in [3.8, 4) is 11.5 Å². The Kier molecular flexibility index (Phi) is 3.83. The van der Waals surface area contributed by atoms with E-state index in [0.717, 1.165) is 17.9 Å². The van der Waals surface area contributed by atoms with Crippen LogP contribution >= 0.6 is 23.4 Å². The Hall–Kier alpha value is -1.85. The minimum absolute atomic E-state index is 0.00160. The maximum atomic E-state index is 12.9. The van der Waals surface area contributed by atoms with E-state index in [1.807, 2.05) is 29.2 Å². The summed E-state index contributed by atoms with van der Waals surface area (Å²) in [5.41, 5.74) is 1.66. The monoisotopic (exact) mass is 347 g/mol. The molecule has 0 radical (unpaired) electrons. The first-order valence-electron chi connectivity index (χ1n) is 7.30. The second kappa shape index (κ2) is 5.98. The molecule has 1 unspecified atom stereocenters. The van der Waals surface area contributed by atoms with Gasteiger partial charge in [0.25, 0.3) is 5.91 Å². The first-order valence-corrected chi connectivity index (χ1v) is 8.73. The lowest BCUT2D eigenvalue weighted by Gasteiger charge is -2.24. The van der Waals surface area contributed by atoms with Crippen molar-refractivity contribution in [2.75, 3.05) is 19.1 Å². The summed E-state index contributed by atoms with van der Waals surface area (Å²) in [5.74, 6) is 2.22.